The predicted octanol–water partition coefficient (Wildman–Crippen LogP) is 24.8. The molecule has 0 aromatic heterocycles. The van der Waals surface area contributed by atoms with Crippen LogP contribution in [0.3, 0.4) is 0 Å². The van der Waals surface area contributed by atoms with Crippen LogP contribution in [0.2, 0.25) is 0 Å². The molecule has 606 valence electrons. The highest BCUT2D eigenvalue weighted by Crippen LogP contribution is 2.45. The van der Waals surface area contributed by atoms with Crippen LogP contribution in [0.25, 0.3) is 0 Å². The molecule has 0 radical (unpaired) electrons. The third kappa shape index (κ3) is 74.9. The Balaban J connectivity index is 5.25. The maximum Gasteiger partial charge on any atom is 0.472 e. The molecule has 0 fully saturated rings. The van der Waals surface area contributed by atoms with Crippen LogP contribution < -0.4 is 0 Å². The van der Waals surface area contributed by atoms with Crippen molar-refractivity contribution < 1.29 is 80.2 Å². The second-order valence-electron chi connectivity index (χ2n) is 31.5. The zero-order valence-electron chi connectivity index (χ0n) is 67.2. The molecular formula is C83H162O17P2. The van der Waals surface area contributed by atoms with Gasteiger partial charge in [0, 0.05) is 25.7 Å². The van der Waals surface area contributed by atoms with Crippen molar-refractivity contribution in [1.29, 1.82) is 0 Å². The second-order valence-corrected chi connectivity index (χ2v) is 34.4. The number of phosphoric ester groups is 2. The molecule has 0 heterocycles. The van der Waals surface area contributed by atoms with Crippen molar-refractivity contribution in [3.05, 3.63) is 0 Å². The minimum atomic E-state index is -4.96. The summed E-state index contributed by atoms with van der Waals surface area (Å²) in [6.07, 6.45) is 59.7. The van der Waals surface area contributed by atoms with Crippen molar-refractivity contribution in [3.63, 3.8) is 0 Å². The maximum atomic E-state index is 13.1. The lowest BCUT2D eigenvalue weighted by molar-refractivity contribution is -0.161. The quantitative estimate of drug-likeness (QED) is 0.0222. The van der Waals surface area contributed by atoms with E-state index in [0.717, 1.165) is 114 Å². The molecule has 0 saturated carbocycles. The van der Waals surface area contributed by atoms with E-state index in [1.165, 1.54) is 231 Å². The second kappa shape index (κ2) is 72.0. The summed E-state index contributed by atoms with van der Waals surface area (Å²) in [5, 5.41) is 10.7. The molecular weight excluding hydrogens is 1330 g/mol. The monoisotopic (exact) mass is 1490 g/mol. The molecule has 0 aromatic rings. The molecule has 17 nitrogen and oxygen atoms in total. The van der Waals surface area contributed by atoms with E-state index >= 15 is 0 Å². The molecule has 0 bridgehead atoms. The summed E-state index contributed by atoms with van der Waals surface area (Å²) in [7, 11) is -9.93. The van der Waals surface area contributed by atoms with Crippen LogP contribution in [0.5, 0.6) is 0 Å². The average Bonchev–Trinajstić information content (AvgIpc) is 0.909. The summed E-state index contributed by atoms with van der Waals surface area (Å²) in [5.41, 5.74) is 0. The molecule has 0 saturated heterocycles. The normalized spacial score (nSPS) is 14.3. The first-order chi connectivity index (χ1) is 49.1. The number of hydrogen-bond acceptors (Lipinski definition) is 15. The van der Waals surface area contributed by atoms with Crippen molar-refractivity contribution in [3.8, 4) is 0 Å². The van der Waals surface area contributed by atoms with Gasteiger partial charge in [-0.1, -0.05) is 376 Å². The minimum absolute atomic E-state index is 0.105. The lowest BCUT2D eigenvalue weighted by Gasteiger charge is -2.21. The van der Waals surface area contributed by atoms with Crippen molar-refractivity contribution in [2.45, 2.75) is 446 Å². The number of unbranched alkanes of at least 4 members (excludes halogenated alkanes) is 45. The number of hydrogen-bond donors (Lipinski definition) is 3. The molecule has 3 N–H and O–H groups in total. The Kier molecular flexibility index (Phi) is 70.6. The maximum absolute atomic E-state index is 13.1. The highest BCUT2D eigenvalue weighted by Gasteiger charge is 2.30. The topological polar surface area (TPSA) is 237 Å². The van der Waals surface area contributed by atoms with E-state index < -0.39 is 97.5 Å². The Hall–Kier alpha value is -1.94. The third-order valence-corrected chi connectivity index (χ3v) is 21.6. The van der Waals surface area contributed by atoms with E-state index in [9.17, 15) is 43.2 Å². The minimum Gasteiger partial charge on any atom is -0.462 e. The van der Waals surface area contributed by atoms with Crippen LogP contribution in [-0.4, -0.2) is 96.7 Å². The molecule has 0 aliphatic heterocycles. The lowest BCUT2D eigenvalue weighted by atomic mass is 9.99. The highest BCUT2D eigenvalue weighted by atomic mass is 31.2. The number of aliphatic hydroxyl groups excluding tert-OH is 1. The van der Waals surface area contributed by atoms with Gasteiger partial charge in [0.15, 0.2) is 12.2 Å². The first kappa shape index (κ1) is 100. The van der Waals surface area contributed by atoms with Gasteiger partial charge in [0.05, 0.1) is 26.4 Å². The number of ether oxygens (including phenoxy) is 4. The van der Waals surface area contributed by atoms with Crippen LogP contribution in [0.4, 0.5) is 0 Å². The van der Waals surface area contributed by atoms with Gasteiger partial charge in [0.25, 0.3) is 0 Å². The van der Waals surface area contributed by atoms with Gasteiger partial charge in [-0.05, 0) is 49.4 Å². The lowest BCUT2D eigenvalue weighted by Crippen LogP contribution is -2.30. The van der Waals surface area contributed by atoms with Gasteiger partial charge in [-0.3, -0.25) is 37.3 Å². The number of rotatable bonds is 80. The predicted molar refractivity (Wildman–Crippen MR) is 418 cm³/mol. The van der Waals surface area contributed by atoms with Crippen LogP contribution >= 0.6 is 15.6 Å². The van der Waals surface area contributed by atoms with Crippen molar-refractivity contribution in [2.75, 3.05) is 39.6 Å². The standard InChI is InChI=1S/C83H162O17P2/c1-9-76(8)62-54-46-38-33-34-40-48-56-64-81(86)94-70-79(100-83(88)66-58-50-42-32-26-29-37-45-53-61-75(6)7)72-98-102(91,92)96-68-77(84)67-95-101(89,90)97-71-78(99-82(87)65-57-49-41-31-25-21-17-13-11-15-19-23-28-36-44-52-60-74(4)5)69-93-80(85)63-55-47-39-30-24-20-16-12-10-14-18-22-27-35-43-51-59-73(2)3/h73-79,84H,9-72H2,1-8H3,(H,89,90)(H,91,92)/t76?,77-,78-,79-/m1/s1. The first-order valence-electron chi connectivity index (χ1n) is 42.7. The molecule has 6 atom stereocenters. The molecule has 19 heteroatoms. The molecule has 0 aromatic carbocycles. The molecule has 102 heavy (non-hydrogen) atoms. The van der Waals surface area contributed by atoms with Gasteiger partial charge < -0.3 is 33.8 Å². The Morgan fingerprint density at radius 3 is 0.696 bits per heavy atom. The van der Waals surface area contributed by atoms with Crippen molar-refractivity contribution in [1.82, 2.24) is 0 Å². The van der Waals surface area contributed by atoms with Gasteiger partial charge in [-0.25, -0.2) is 9.13 Å². The Labute approximate surface area is 626 Å². The SMILES string of the molecule is CCC(C)CCCCCCCCCCC(=O)OC[C@H](COP(=O)(O)OC[C@H](O)COP(=O)(O)OC[C@@H](COC(=O)CCCCCCCCCCCCCCCCCCC(C)C)OC(=O)CCCCCCCCCCCCCCCCCCC(C)C)OC(=O)CCCCCCCCCCCC(C)C. The van der Waals surface area contributed by atoms with Crippen molar-refractivity contribution in [2.24, 2.45) is 23.7 Å². The largest absolute Gasteiger partial charge is 0.472 e. The Morgan fingerprint density at radius 2 is 0.471 bits per heavy atom. The molecule has 0 spiro atoms. The molecule has 0 aliphatic carbocycles. The van der Waals surface area contributed by atoms with Crippen LogP contribution in [0.1, 0.15) is 428 Å². The average molecular weight is 1490 g/mol. The third-order valence-electron chi connectivity index (χ3n) is 19.7. The fourth-order valence-electron chi connectivity index (χ4n) is 12.8. The summed E-state index contributed by atoms with van der Waals surface area (Å²) >= 11 is 0. The van der Waals surface area contributed by atoms with Gasteiger partial charge >= 0.3 is 39.5 Å². The Bertz CT molecular complexity index is 1990. The van der Waals surface area contributed by atoms with Gasteiger partial charge in [-0.15, -0.1) is 0 Å². The van der Waals surface area contributed by atoms with Crippen LogP contribution in [0.15, 0.2) is 0 Å². The summed E-state index contributed by atoms with van der Waals surface area (Å²) in [6, 6.07) is 0. The molecule has 0 amide bonds. The van der Waals surface area contributed by atoms with Crippen LogP contribution in [-0.2, 0) is 65.4 Å². The molecule has 3 unspecified atom stereocenters. The summed E-state index contributed by atoms with van der Waals surface area (Å²) < 4.78 is 68.8. The Morgan fingerprint density at radius 1 is 0.275 bits per heavy atom. The van der Waals surface area contributed by atoms with E-state index in [-0.39, 0.29) is 25.7 Å². The van der Waals surface area contributed by atoms with E-state index in [1.807, 2.05) is 0 Å². The number of phosphoric acid groups is 2. The van der Waals surface area contributed by atoms with E-state index in [4.69, 9.17) is 37.0 Å². The van der Waals surface area contributed by atoms with E-state index in [0.29, 0.717) is 25.7 Å². The fourth-order valence-corrected chi connectivity index (χ4v) is 14.3. The van der Waals surface area contributed by atoms with Gasteiger partial charge in [0.1, 0.15) is 19.3 Å². The number of carbonyl (C=O) groups excluding carboxylic acids is 4. The summed E-state index contributed by atoms with van der Waals surface area (Å²) in [5.74, 6) is 1.02. The van der Waals surface area contributed by atoms with Gasteiger partial charge in [0.2, 0.25) is 0 Å². The number of carbonyl (C=O) groups is 4. The van der Waals surface area contributed by atoms with E-state index in [2.05, 4.69) is 55.4 Å². The summed E-state index contributed by atoms with van der Waals surface area (Å²) in [6.45, 7) is 14.3. The van der Waals surface area contributed by atoms with Crippen LogP contribution in [0, 0.1) is 23.7 Å². The van der Waals surface area contributed by atoms with E-state index in [1.54, 1.807) is 0 Å². The molecule has 0 aliphatic rings. The molecule has 0 rings (SSSR count). The first-order valence-corrected chi connectivity index (χ1v) is 45.7. The zero-order valence-corrected chi connectivity index (χ0v) is 69.0. The zero-order chi connectivity index (χ0) is 75.3. The fraction of sp³-hybridized carbons (Fsp3) is 0.952. The highest BCUT2D eigenvalue weighted by molar-refractivity contribution is 7.47. The van der Waals surface area contributed by atoms with Gasteiger partial charge in [-0.2, -0.15) is 0 Å². The number of aliphatic hydroxyl groups is 1. The van der Waals surface area contributed by atoms with Crippen molar-refractivity contribution >= 4 is 39.5 Å². The summed E-state index contributed by atoms with van der Waals surface area (Å²) in [4.78, 5) is 73.1. The smallest absolute Gasteiger partial charge is 0.462 e. The number of esters is 4.